The molecule has 0 spiro atoms. The highest BCUT2D eigenvalue weighted by Gasteiger charge is 2.27. The molecule has 0 heterocycles. The molecular weight excluding hydrogens is 270 g/mol. The summed E-state index contributed by atoms with van der Waals surface area (Å²) < 4.78 is 10.8. The number of rotatable bonds is 10. The second kappa shape index (κ2) is 8.00. The van der Waals surface area contributed by atoms with Crippen LogP contribution < -0.4 is 4.74 Å². The monoisotopic (exact) mass is 293 g/mol. The van der Waals surface area contributed by atoms with Gasteiger partial charge in [0.25, 0.3) is 0 Å². The molecule has 5 nitrogen and oxygen atoms in total. The summed E-state index contributed by atoms with van der Waals surface area (Å²) in [6, 6.07) is 7.33. The van der Waals surface area contributed by atoms with Gasteiger partial charge in [0.2, 0.25) is 0 Å². The van der Waals surface area contributed by atoms with Crippen molar-refractivity contribution in [1.82, 2.24) is 4.90 Å². The average molecular weight is 293 g/mol. The van der Waals surface area contributed by atoms with Gasteiger partial charge in [-0.05, 0) is 37.5 Å². The van der Waals surface area contributed by atoms with E-state index in [4.69, 9.17) is 14.6 Å². The van der Waals surface area contributed by atoms with Crippen LogP contribution in [-0.2, 0) is 4.74 Å². The van der Waals surface area contributed by atoms with Crippen molar-refractivity contribution in [1.29, 1.82) is 0 Å². The summed E-state index contributed by atoms with van der Waals surface area (Å²) in [6.45, 7) is 3.32. The summed E-state index contributed by atoms with van der Waals surface area (Å²) in [5.41, 5.74) is 0.257. The van der Waals surface area contributed by atoms with E-state index in [2.05, 4.69) is 4.90 Å². The van der Waals surface area contributed by atoms with Crippen LogP contribution in [0, 0.1) is 0 Å². The number of aromatic carboxylic acids is 1. The first-order valence-electron chi connectivity index (χ1n) is 7.40. The third-order valence-electron chi connectivity index (χ3n) is 3.59. The van der Waals surface area contributed by atoms with Crippen molar-refractivity contribution < 1.29 is 19.4 Å². The molecule has 0 unspecified atom stereocenters. The Hall–Kier alpha value is -1.59. The van der Waals surface area contributed by atoms with Gasteiger partial charge >= 0.3 is 5.97 Å². The summed E-state index contributed by atoms with van der Waals surface area (Å²) >= 11 is 0. The van der Waals surface area contributed by atoms with Crippen LogP contribution in [0.15, 0.2) is 24.3 Å². The van der Waals surface area contributed by atoms with Crippen LogP contribution in [0.3, 0.4) is 0 Å². The van der Waals surface area contributed by atoms with Gasteiger partial charge in [-0.15, -0.1) is 0 Å². The Labute approximate surface area is 125 Å². The maximum atomic E-state index is 10.9. The maximum Gasteiger partial charge on any atom is 0.335 e. The van der Waals surface area contributed by atoms with Gasteiger partial charge in [0.1, 0.15) is 5.75 Å². The summed E-state index contributed by atoms with van der Waals surface area (Å²) in [6.07, 6.45) is 3.49. The van der Waals surface area contributed by atoms with Crippen LogP contribution in [0.1, 0.15) is 29.6 Å². The molecule has 1 aliphatic rings. The molecule has 0 saturated heterocycles. The van der Waals surface area contributed by atoms with E-state index in [0.717, 1.165) is 32.2 Å². The van der Waals surface area contributed by atoms with E-state index in [9.17, 15) is 4.79 Å². The van der Waals surface area contributed by atoms with Gasteiger partial charge in [-0.2, -0.15) is 0 Å². The Morgan fingerprint density at radius 3 is 2.81 bits per heavy atom. The number of carbonyl (C=O) groups is 1. The van der Waals surface area contributed by atoms with Crippen molar-refractivity contribution in [2.45, 2.75) is 25.3 Å². The zero-order valence-corrected chi connectivity index (χ0v) is 12.5. The smallest absolute Gasteiger partial charge is 0.335 e. The summed E-state index contributed by atoms with van der Waals surface area (Å²) in [5, 5.41) is 8.93. The third-order valence-corrected chi connectivity index (χ3v) is 3.59. The topological polar surface area (TPSA) is 59.0 Å². The Bertz CT molecular complexity index is 459. The Balaban J connectivity index is 1.71. The maximum absolute atomic E-state index is 10.9. The molecule has 2 rings (SSSR count). The molecule has 1 saturated carbocycles. The largest absolute Gasteiger partial charge is 0.494 e. The number of hydrogen-bond donors (Lipinski definition) is 1. The number of methoxy groups -OCH3 is 1. The number of benzene rings is 1. The second-order valence-corrected chi connectivity index (χ2v) is 5.29. The number of carboxylic acid groups (broad SMARTS) is 1. The lowest BCUT2D eigenvalue weighted by atomic mass is 10.2. The summed E-state index contributed by atoms with van der Waals surface area (Å²) in [7, 11) is 1.73. The lowest BCUT2D eigenvalue weighted by molar-refractivity contribution is 0.0696. The van der Waals surface area contributed by atoms with Crippen molar-refractivity contribution in [2.75, 3.05) is 33.4 Å². The molecule has 0 aromatic heterocycles. The Morgan fingerprint density at radius 2 is 2.14 bits per heavy atom. The van der Waals surface area contributed by atoms with Crippen LogP contribution in [0.25, 0.3) is 0 Å². The third kappa shape index (κ3) is 5.36. The van der Waals surface area contributed by atoms with Crippen LogP contribution in [-0.4, -0.2) is 55.4 Å². The number of carboxylic acids is 1. The molecule has 1 aromatic rings. The first kappa shape index (κ1) is 15.8. The Kier molecular flexibility index (Phi) is 6.02. The van der Waals surface area contributed by atoms with Gasteiger partial charge in [-0.3, -0.25) is 4.90 Å². The van der Waals surface area contributed by atoms with Gasteiger partial charge in [-0.25, -0.2) is 4.79 Å². The standard InChI is InChI=1S/C16H23NO4/c1-20-11-9-17(14-6-7-14)8-3-10-21-15-5-2-4-13(12-15)16(18)19/h2,4-5,12,14H,3,6-11H2,1H3,(H,18,19). The van der Waals surface area contributed by atoms with Crippen LogP contribution in [0.4, 0.5) is 0 Å². The lowest BCUT2D eigenvalue weighted by Crippen LogP contribution is -2.31. The van der Waals surface area contributed by atoms with Gasteiger partial charge in [0.15, 0.2) is 0 Å². The highest BCUT2D eigenvalue weighted by molar-refractivity contribution is 5.87. The van der Waals surface area contributed by atoms with E-state index in [1.165, 1.54) is 12.8 Å². The van der Waals surface area contributed by atoms with E-state index in [-0.39, 0.29) is 5.56 Å². The molecule has 0 atom stereocenters. The number of nitrogens with zero attached hydrogens (tertiary/aromatic N) is 1. The second-order valence-electron chi connectivity index (χ2n) is 5.29. The molecule has 1 fully saturated rings. The highest BCUT2D eigenvalue weighted by Crippen LogP contribution is 2.26. The molecule has 21 heavy (non-hydrogen) atoms. The number of hydrogen-bond acceptors (Lipinski definition) is 4. The van der Waals surface area contributed by atoms with E-state index >= 15 is 0 Å². The van der Waals surface area contributed by atoms with Crippen molar-refractivity contribution in [3.05, 3.63) is 29.8 Å². The number of ether oxygens (including phenoxy) is 2. The van der Waals surface area contributed by atoms with Gasteiger partial charge in [0, 0.05) is 26.2 Å². The zero-order valence-electron chi connectivity index (χ0n) is 12.5. The summed E-state index contributed by atoms with van der Waals surface area (Å²) in [5.74, 6) is -0.315. The minimum Gasteiger partial charge on any atom is -0.494 e. The van der Waals surface area contributed by atoms with Gasteiger partial charge in [0.05, 0.1) is 18.8 Å². The van der Waals surface area contributed by atoms with Crippen LogP contribution in [0.2, 0.25) is 0 Å². The molecule has 1 aromatic carbocycles. The fourth-order valence-corrected chi connectivity index (χ4v) is 2.30. The highest BCUT2D eigenvalue weighted by atomic mass is 16.5. The molecule has 0 radical (unpaired) electrons. The minimum absolute atomic E-state index is 0.257. The average Bonchev–Trinajstić information content (AvgIpc) is 3.31. The molecule has 116 valence electrons. The molecule has 5 heteroatoms. The van der Waals surface area contributed by atoms with Crippen molar-refractivity contribution >= 4 is 5.97 Å². The Morgan fingerprint density at radius 1 is 1.33 bits per heavy atom. The summed E-state index contributed by atoms with van der Waals surface area (Å²) in [4.78, 5) is 13.3. The molecule has 1 aliphatic carbocycles. The quantitative estimate of drug-likeness (QED) is 0.671. The molecular formula is C16H23NO4. The first-order chi connectivity index (χ1) is 10.2. The minimum atomic E-state index is -0.931. The zero-order chi connectivity index (χ0) is 15.1. The van der Waals surface area contributed by atoms with Gasteiger partial charge in [-0.1, -0.05) is 6.07 Å². The molecule has 1 N–H and O–H groups in total. The first-order valence-corrected chi connectivity index (χ1v) is 7.40. The van der Waals surface area contributed by atoms with Gasteiger partial charge < -0.3 is 14.6 Å². The molecule has 0 bridgehead atoms. The van der Waals surface area contributed by atoms with Crippen molar-refractivity contribution in [3.63, 3.8) is 0 Å². The van der Waals surface area contributed by atoms with E-state index in [0.29, 0.717) is 12.4 Å². The normalized spacial score (nSPS) is 14.4. The predicted octanol–water partition coefficient (Wildman–Crippen LogP) is 2.26. The fraction of sp³-hybridized carbons (Fsp3) is 0.562. The van der Waals surface area contributed by atoms with Crippen LogP contribution >= 0.6 is 0 Å². The van der Waals surface area contributed by atoms with E-state index < -0.39 is 5.97 Å². The predicted molar refractivity (Wildman–Crippen MR) is 80.0 cm³/mol. The van der Waals surface area contributed by atoms with Crippen molar-refractivity contribution in [2.24, 2.45) is 0 Å². The molecule has 0 amide bonds. The molecule has 0 aliphatic heterocycles. The van der Waals surface area contributed by atoms with E-state index in [1.807, 2.05) is 0 Å². The fourth-order valence-electron chi connectivity index (χ4n) is 2.30. The van der Waals surface area contributed by atoms with Crippen molar-refractivity contribution in [3.8, 4) is 5.75 Å². The van der Waals surface area contributed by atoms with Crippen LogP contribution in [0.5, 0.6) is 5.75 Å². The SMILES string of the molecule is COCCN(CCCOc1cccc(C(=O)O)c1)C1CC1. The van der Waals surface area contributed by atoms with E-state index in [1.54, 1.807) is 31.4 Å². The lowest BCUT2D eigenvalue weighted by Gasteiger charge is -2.21.